The Morgan fingerprint density at radius 1 is 1.38 bits per heavy atom. The molecular formula is C10H21NO2. The molecule has 0 radical (unpaired) electrons. The number of rotatable bonds is 4. The van der Waals surface area contributed by atoms with Crippen LogP contribution in [0.3, 0.4) is 0 Å². The van der Waals surface area contributed by atoms with Gasteiger partial charge in [0.25, 0.3) is 0 Å². The number of hydrogen-bond donors (Lipinski definition) is 2. The smallest absolute Gasteiger partial charge is 0.0956 e. The fraction of sp³-hybridized carbons (Fsp3) is 1.00. The highest BCUT2D eigenvalue weighted by Crippen LogP contribution is 2.22. The molecule has 0 spiro atoms. The first-order valence-corrected chi connectivity index (χ1v) is 5.29. The Labute approximate surface area is 80.4 Å². The van der Waals surface area contributed by atoms with Gasteiger partial charge in [0.1, 0.15) is 0 Å². The van der Waals surface area contributed by atoms with Crippen LogP contribution in [0.25, 0.3) is 0 Å². The second kappa shape index (κ2) is 5.58. The fourth-order valence-corrected chi connectivity index (χ4v) is 2.01. The predicted octanol–water partition coefficient (Wildman–Crippen LogP) is 0.809. The summed E-state index contributed by atoms with van der Waals surface area (Å²) in [5, 5.41) is 18.6. The minimum atomic E-state index is -0.120. The van der Waals surface area contributed by atoms with Crippen molar-refractivity contribution in [1.29, 1.82) is 0 Å². The summed E-state index contributed by atoms with van der Waals surface area (Å²) in [4.78, 5) is 2.02. The molecule has 0 aromatic rings. The van der Waals surface area contributed by atoms with Crippen LogP contribution in [0.4, 0.5) is 0 Å². The van der Waals surface area contributed by atoms with Crippen molar-refractivity contribution in [2.75, 3.05) is 19.8 Å². The van der Waals surface area contributed by atoms with Crippen molar-refractivity contribution in [2.24, 2.45) is 5.92 Å². The zero-order chi connectivity index (χ0) is 9.68. The van der Waals surface area contributed by atoms with Crippen molar-refractivity contribution < 1.29 is 10.2 Å². The van der Waals surface area contributed by atoms with E-state index in [1.165, 1.54) is 0 Å². The number of hydrogen-bond acceptors (Lipinski definition) is 3. The van der Waals surface area contributed by atoms with Crippen molar-refractivity contribution in [3.8, 4) is 0 Å². The molecule has 0 aromatic heterocycles. The van der Waals surface area contributed by atoms with Gasteiger partial charge in [-0.15, -0.1) is 0 Å². The van der Waals surface area contributed by atoms with Gasteiger partial charge in [0.2, 0.25) is 0 Å². The van der Waals surface area contributed by atoms with Gasteiger partial charge in [-0.2, -0.15) is 0 Å². The molecule has 1 atom stereocenters. The molecule has 1 fully saturated rings. The Balaban J connectivity index is 2.23. The van der Waals surface area contributed by atoms with E-state index in [9.17, 15) is 5.11 Å². The van der Waals surface area contributed by atoms with Gasteiger partial charge in [-0.05, 0) is 25.2 Å². The Hall–Kier alpha value is -0.120. The predicted molar refractivity (Wildman–Crippen MR) is 52.3 cm³/mol. The molecule has 1 aliphatic heterocycles. The largest absolute Gasteiger partial charge is 0.393 e. The van der Waals surface area contributed by atoms with E-state index in [1.54, 1.807) is 0 Å². The minimum Gasteiger partial charge on any atom is -0.393 e. The second-order valence-corrected chi connectivity index (χ2v) is 3.95. The van der Waals surface area contributed by atoms with Crippen LogP contribution in [0, 0.1) is 5.92 Å². The molecule has 1 heterocycles. The first-order valence-electron chi connectivity index (χ1n) is 5.29. The molecule has 0 aromatic carbocycles. The van der Waals surface area contributed by atoms with Gasteiger partial charge >= 0.3 is 0 Å². The third kappa shape index (κ3) is 3.25. The topological polar surface area (TPSA) is 43.7 Å². The summed E-state index contributed by atoms with van der Waals surface area (Å²) in [5.74, 6) is 0.461. The van der Waals surface area contributed by atoms with E-state index in [-0.39, 0.29) is 12.8 Å². The summed E-state index contributed by atoms with van der Waals surface area (Å²) in [7, 11) is 0. The zero-order valence-electron chi connectivity index (χ0n) is 8.45. The van der Waals surface area contributed by atoms with Crippen LogP contribution < -0.4 is 0 Å². The maximum Gasteiger partial charge on any atom is 0.0956 e. The zero-order valence-corrected chi connectivity index (χ0v) is 8.45. The van der Waals surface area contributed by atoms with Gasteiger partial charge in [0.05, 0.1) is 12.8 Å². The lowest BCUT2D eigenvalue weighted by atomic mass is 9.89. The Morgan fingerprint density at radius 2 is 2.00 bits per heavy atom. The first kappa shape index (κ1) is 11.0. The highest BCUT2D eigenvalue weighted by atomic mass is 16.3. The molecular weight excluding hydrogens is 166 g/mol. The van der Waals surface area contributed by atoms with E-state index in [4.69, 9.17) is 5.11 Å². The quantitative estimate of drug-likeness (QED) is 0.684. The van der Waals surface area contributed by atoms with Crippen molar-refractivity contribution in [3.05, 3.63) is 0 Å². The van der Waals surface area contributed by atoms with E-state index in [0.29, 0.717) is 5.92 Å². The average molecular weight is 187 g/mol. The third-order valence-corrected chi connectivity index (χ3v) is 2.96. The standard InChI is InChI=1S/C10H21NO2/c1-2-3-10(13)9-4-6-11(8-12)7-5-9/h9-10,12-13H,2-8H2,1H3. The van der Waals surface area contributed by atoms with E-state index in [1.807, 2.05) is 4.90 Å². The van der Waals surface area contributed by atoms with E-state index < -0.39 is 0 Å². The van der Waals surface area contributed by atoms with Crippen LogP contribution in [0.15, 0.2) is 0 Å². The van der Waals surface area contributed by atoms with Crippen LogP contribution in [-0.4, -0.2) is 41.0 Å². The Morgan fingerprint density at radius 3 is 2.46 bits per heavy atom. The van der Waals surface area contributed by atoms with Gasteiger partial charge in [-0.25, -0.2) is 0 Å². The molecule has 1 aliphatic rings. The van der Waals surface area contributed by atoms with E-state index in [2.05, 4.69) is 6.92 Å². The molecule has 0 saturated carbocycles. The van der Waals surface area contributed by atoms with Gasteiger partial charge < -0.3 is 10.2 Å². The van der Waals surface area contributed by atoms with Crippen LogP contribution >= 0.6 is 0 Å². The van der Waals surface area contributed by atoms with Crippen LogP contribution in [0.2, 0.25) is 0 Å². The van der Waals surface area contributed by atoms with Crippen LogP contribution in [0.5, 0.6) is 0 Å². The molecule has 0 bridgehead atoms. The maximum atomic E-state index is 9.75. The summed E-state index contributed by atoms with van der Waals surface area (Å²) < 4.78 is 0. The molecule has 0 amide bonds. The number of aliphatic hydroxyl groups is 2. The van der Waals surface area contributed by atoms with E-state index >= 15 is 0 Å². The highest BCUT2D eigenvalue weighted by Gasteiger charge is 2.23. The SMILES string of the molecule is CCCC(O)C1CCN(CO)CC1. The summed E-state index contributed by atoms with van der Waals surface area (Å²) in [6.45, 7) is 4.13. The minimum absolute atomic E-state index is 0.120. The lowest BCUT2D eigenvalue weighted by molar-refractivity contribution is 0.0233. The molecule has 13 heavy (non-hydrogen) atoms. The molecule has 0 aliphatic carbocycles. The number of aliphatic hydroxyl groups excluding tert-OH is 2. The number of piperidine rings is 1. The van der Waals surface area contributed by atoms with Crippen LogP contribution in [-0.2, 0) is 0 Å². The molecule has 3 heteroatoms. The maximum absolute atomic E-state index is 9.75. The molecule has 1 unspecified atom stereocenters. The fourth-order valence-electron chi connectivity index (χ4n) is 2.01. The molecule has 3 nitrogen and oxygen atoms in total. The van der Waals surface area contributed by atoms with Gasteiger partial charge in [0, 0.05) is 13.1 Å². The Kier molecular flexibility index (Phi) is 4.70. The number of nitrogens with zero attached hydrogens (tertiary/aromatic N) is 1. The summed E-state index contributed by atoms with van der Waals surface area (Å²) in [6.07, 6.45) is 3.92. The Bertz CT molecular complexity index is 133. The lowest BCUT2D eigenvalue weighted by Gasteiger charge is -2.32. The molecule has 78 valence electrons. The summed E-state index contributed by atoms with van der Waals surface area (Å²) in [6, 6.07) is 0. The van der Waals surface area contributed by atoms with Crippen molar-refractivity contribution in [3.63, 3.8) is 0 Å². The highest BCUT2D eigenvalue weighted by molar-refractivity contribution is 4.76. The van der Waals surface area contributed by atoms with Gasteiger partial charge in [0.15, 0.2) is 0 Å². The monoisotopic (exact) mass is 187 g/mol. The normalized spacial score (nSPS) is 23.3. The first-order chi connectivity index (χ1) is 6.27. The van der Waals surface area contributed by atoms with Gasteiger partial charge in [-0.3, -0.25) is 4.90 Å². The third-order valence-electron chi connectivity index (χ3n) is 2.96. The van der Waals surface area contributed by atoms with Crippen molar-refractivity contribution in [1.82, 2.24) is 4.90 Å². The second-order valence-electron chi connectivity index (χ2n) is 3.95. The molecule has 2 N–H and O–H groups in total. The number of likely N-dealkylation sites (tertiary alicyclic amines) is 1. The molecule has 1 rings (SSSR count). The summed E-state index contributed by atoms with van der Waals surface area (Å²) in [5.41, 5.74) is 0. The average Bonchev–Trinajstić information content (AvgIpc) is 2.18. The summed E-state index contributed by atoms with van der Waals surface area (Å²) >= 11 is 0. The molecule has 1 saturated heterocycles. The van der Waals surface area contributed by atoms with Crippen molar-refractivity contribution >= 4 is 0 Å². The lowest BCUT2D eigenvalue weighted by Crippen LogP contribution is -2.38. The van der Waals surface area contributed by atoms with Crippen LogP contribution in [0.1, 0.15) is 32.6 Å². The van der Waals surface area contributed by atoms with Crippen molar-refractivity contribution in [2.45, 2.75) is 38.7 Å². The van der Waals surface area contributed by atoms with E-state index in [0.717, 1.165) is 38.8 Å². The van der Waals surface area contributed by atoms with Gasteiger partial charge in [-0.1, -0.05) is 13.3 Å².